The smallest absolute Gasteiger partial charge is 0.211 e. The second kappa shape index (κ2) is 11.6. The van der Waals surface area contributed by atoms with E-state index in [1.165, 1.54) is 0 Å². The van der Waals surface area contributed by atoms with E-state index in [0.717, 1.165) is 24.9 Å². The molecule has 94 valence electrons. The lowest BCUT2D eigenvalue weighted by molar-refractivity contribution is 0.143. The number of rotatable bonds is 11. The second-order valence-electron chi connectivity index (χ2n) is 3.57. The zero-order valence-corrected chi connectivity index (χ0v) is 11.3. The van der Waals surface area contributed by atoms with Gasteiger partial charge >= 0.3 is 0 Å². The predicted octanol–water partition coefficient (Wildman–Crippen LogP) is 4.16. The zero-order valence-electron chi connectivity index (χ0n) is 9.32. The lowest BCUT2D eigenvalue weighted by Gasteiger charge is -2.01. The van der Waals surface area contributed by atoms with Crippen LogP contribution in [0.5, 0.6) is 0 Å². The van der Waals surface area contributed by atoms with Crippen molar-refractivity contribution in [1.29, 1.82) is 0 Å². The molecule has 0 aromatic rings. The Kier molecular flexibility index (Phi) is 11.7. The standard InChI is InChI=1S/C10H18F4Si2/c11-9(12)3-7-15-5-1-2-6-16-8-4-10(13)14/h9-10H,1-8H2. The molecular formula is C10H18F4Si2. The molecule has 0 rings (SSSR count). The van der Waals surface area contributed by atoms with Crippen LogP contribution >= 0.6 is 0 Å². The van der Waals surface area contributed by atoms with E-state index >= 15 is 0 Å². The Morgan fingerprint density at radius 3 is 1.31 bits per heavy atom. The molecule has 0 saturated heterocycles. The summed E-state index contributed by atoms with van der Waals surface area (Å²) in [5.41, 5.74) is 0. The molecule has 0 atom stereocenters. The van der Waals surface area contributed by atoms with E-state index in [1.807, 2.05) is 0 Å². The van der Waals surface area contributed by atoms with Crippen LogP contribution in [0.1, 0.15) is 25.7 Å². The van der Waals surface area contributed by atoms with Crippen LogP contribution in [0.2, 0.25) is 24.2 Å². The molecule has 0 aliphatic rings. The number of halogens is 4. The highest BCUT2D eigenvalue weighted by Gasteiger charge is 2.02. The fraction of sp³-hybridized carbons (Fsp3) is 1.00. The maximum atomic E-state index is 11.8. The van der Waals surface area contributed by atoms with E-state index in [4.69, 9.17) is 0 Å². The van der Waals surface area contributed by atoms with E-state index in [1.54, 1.807) is 0 Å². The molecule has 0 aliphatic carbocycles. The minimum atomic E-state index is -2.16. The van der Waals surface area contributed by atoms with Gasteiger partial charge in [-0.2, -0.15) is 0 Å². The largest absolute Gasteiger partial charge is 0.238 e. The highest BCUT2D eigenvalue weighted by Crippen LogP contribution is 2.09. The maximum Gasteiger partial charge on any atom is 0.238 e. The summed E-state index contributed by atoms with van der Waals surface area (Å²) in [4.78, 5) is 0. The quantitative estimate of drug-likeness (QED) is 0.300. The Hall–Kier alpha value is 0.154. The Morgan fingerprint density at radius 2 is 1.00 bits per heavy atom. The van der Waals surface area contributed by atoms with Crippen LogP contribution in [0.15, 0.2) is 0 Å². The molecule has 0 N–H and O–H groups in total. The Bertz CT molecular complexity index is 129. The minimum Gasteiger partial charge on any atom is -0.211 e. The van der Waals surface area contributed by atoms with Gasteiger partial charge in [0, 0.05) is 31.9 Å². The molecule has 0 saturated carbocycles. The van der Waals surface area contributed by atoms with Gasteiger partial charge in [0.05, 0.1) is 0 Å². The number of hydrogen-bond acceptors (Lipinski definition) is 0. The van der Waals surface area contributed by atoms with E-state index in [9.17, 15) is 17.6 Å². The Morgan fingerprint density at radius 1 is 0.625 bits per heavy atom. The van der Waals surface area contributed by atoms with Crippen LogP contribution in [-0.2, 0) is 0 Å². The van der Waals surface area contributed by atoms with Gasteiger partial charge in [-0.1, -0.05) is 37.0 Å². The Labute approximate surface area is 99.8 Å². The van der Waals surface area contributed by atoms with Gasteiger partial charge in [0.1, 0.15) is 0 Å². The summed E-state index contributed by atoms with van der Waals surface area (Å²) in [7, 11) is 1.27. The first kappa shape index (κ1) is 16.2. The van der Waals surface area contributed by atoms with E-state index in [2.05, 4.69) is 0 Å². The van der Waals surface area contributed by atoms with Crippen molar-refractivity contribution in [3.8, 4) is 0 Å². The van der Waals surface area contributed by atoms with E-state index < -0.39 is 12.9 Å². The third-order valence-electron chi connectivity index (χ3n) is 2.04. The van der Waals surface area contributed by atoms with Crippen molar-refractivity contribution < 1.29 is 17.6 Å². The van der Waals surface area contributed by atoms with Crippen molar-refractivity contribution in [1.82, 2.24) is 0 Å². The van der Waals surface area contributed by atoms with Crippen molar-refractivity contribution in [2.24, 2.45) is 0 Å². The highest BCUT2D eigenvalue weighted by molar-refractivity contribution is 6.36. The number of hydrogen-bond donors (Lipinski definition) is 0. The van der Waals surface area contributed by atoms with Crippen LogP contribution < -0.4 is 0 Å². The summed E-state index contributed by atoms with van der Waals surface area (Å²) in [5, 5.41) is 0. The van der Waals surface area contributed by atoms with Crippen LogP contribution in [0.4, 0.5) is 17.6 Å². The summed E-state index contributed by atoms with van der Waals surface area (Å²) >= 11 is 0. The third kappa shape index (κ3) is 14.2. The van der Waals surface area contributed by atoms with Crippen molar-refractivity contribution in [2.75, 3.05) is 0 Å². The van der Waals surface area contributed by atoms with Crippen molar-refractivity contribution in [3.05, 3.63) is 0 Å². The molecule has 0 bridgehead atoms. The molecule has 0 amide bonds. The minimum absolute atomic E-state index is 0.0224. The van der Waals surface area contributed by atoms with Gasteiger partial charge in [0.2, 0.25) is 12.9 Å². The normalized spacial score (nSPS) is 11.6. The monoisotopic (exact) mass is 270 g/mol. The van der Waals surface area contributed by atoms with Crippen molar-refractivity contribution in [3.63, 3.8) is 0 Å². The van der Waals surface area contributed by atoms with Crippen molar-refractivity contribution in [2.45, 2.75) is 62.7 Å². The lowest BCUT2D eigenvalue weighted by atomic mass is 10.4. The van der Waals surface area contributed by atoms with Gasteiger partial charge in [-0.05, 0) is 0 Å². The molecule has 0 aromatic carbocycles. The fourth-order valence-electron chi connectivity index (χ4n) is 1.17. The molecule has 0 aliphatic heterocycles. The predicted molar refractivity (Wildman–Crippen MR) is 61.2 cm³/mol. The van der Waals surface area contributed by atoms with Crippen molar-refractivity contribution >= 4 is 19.0 Å². The highest BCUT2D eigenvalue weighted by atomic mass is 28.2. The van der Waals surface area contributed by atoms with Gasteiger partial charge in [-0.25, -0.2) is 17.6 Å². The molecule has 0 spiro atoms. The summed E-state index contributed by atoms with van der Waals surface area (Å²) < 4.78 is 47.0. The van der Waals surface area contributed by atoms with Gasteiger partial charge in [0.15, 0.2) is 0 Å². The summed E-state index contributed by atoms with van der Waals surface area (Å²) in [6, 6.07) is 3.30. The first-order valence-electron chi connectivity index (χ1n) is 5.60. The molecule has 0 unspecified atom stereocenters. The first-order valence-corrected chi connectivity index (χ1v) is 8.43. The average molecular weight is 270 g/mol. The second-order valence-corrected chi connectivity index (χ2v) is 6.57. The average Bonchev–Trinajstić information content (AvgIpc) is 2.20. The van der Waals surface area contributed by atoms with Gasteiger partial charge in [-0.15, -0.1) is 0 Å². The SMILES string of the molecule is FC(F)CC[Si]CCCC[Si]CCC(F)F. The van der Waals surface area contributed by atoms with Crippen LogP contribution in [0.3, 0.4) is 0 Å². The van der Waals surface area contributed by atoms with E-state index in [0.29, 0.717) is 31.1 Å². The molecular weight excluding hydrogens is 252 g/mol. The molecule has 16 heavy (non-hydrogen) atoms. The topological polar surface area (TPSA) is 0 Å². The molecule has 0 aromatic heterocycles. The lowest BCUT2D eigenvalue weighted by Crippen LogP contribution is -1.97. The number of unbranched alkanes of at least 4 members (excludes halogenated alkanes) is 1. The molecule has 0 heterocycles. The molecule has 4 radical (unpaired) electrons. The third-order valence-corrected chi connectivity index (χ3v) is 4.73. The summed E-state index contributed by atoms with van der Waals surface area (Å²) in [5.74, 6) is 0. The van der Waals surface area contributed by atoms with Gasteiger partial charge in [-0.3, -0.25) is 0 Å². The van der Waals surface area contributed by atoms with Gasteiger partial charge in [0.25, 0.3) is 0 Å². The number of alkyl halides is 4. The Balaban J connectivity index is 2.93. The fourth-order valence-corrected chi connectivity index (χ4v) is 3.52. The zero-order chi connectivity index (χ0) is 12.2. The van der Waals surface area contributed by atoms with Crippen LogP contribution in [0, 0.1) is 0 Å². The summed E-state index contributed by atoms with van der Waals surface area (Å²) in [6.45, 7) is 0. The van der Waals surface area contributed by atoms with E-state index in [-0.39, 0.29) is 12.8 Å². The van der Waals surface area contributed by atoms with Gasteiger partial charge < -0.3 is 0 Å². The molecule has 0 fully saturated rings. The molecule has 6 heteroatoms. The first-order chi connectivity index (χ1) is 7.63. The molecule has 0 nitrogen and oxygen atoms in total. The maximum absolute atomic E-state index is 11.8. The summed E-state index contributed by atoms with van der Waals surface area (Å²) in [6.07, 6.45) is -2.16. The van der Waals surface area contributed by atoms with Crippen LogP contribution in [-0.4, -0.2) is 31.9 Å². The van der Waals surface area contributed by atoms with Crippen LogP contribution in [0.25, 0.3) is 0 Å².